The molecule has 0 radical (unpaired) electrons. The maximum Gasteiger partial charge on any atom is 0.308 e. The molecule has 9 nitrogen and oxygen atoms in total. The van der Waals surface area contributed by atoms with Gasteiger partial charge < -0.3 is 33.2 Å². The molecule has 0 N–H and O–H groups in total. The monoisotopic (exact) mass is 502 g/mol. The molecule has 3 atom stereocenters. The lowest BCUT2D eigenvalue weighted by atomic mass is 9.75. The average molecular weight is 503 g/mol. The zero-order valence-corrected chi connectivity index (χ0v) is 22.3. The van der Waals surface area contributed by atoms with E-state index in [1.54, 1.807) is 13.2 Å². The van der Waals surface area contributed by atoms with Gasteiger partial charge in [0.15, 0.2) is 23.0 Å². The molecular weight excluding hydrogens is 468 g/mol. The van der Waals surface area contributed by atoms with Crippen LogP contribution in [0.15, 0.2) is 12.1 Å². The van der Waals surface area contributed by atoms with Crippen LogP contribution in [0.2, 0.25) is 0 Å². The highest BCUT2D eigenvalue weighted by Gasteiger charge is 2.39. The summed E-state index contributed by atoms with van der Waals surface area (Å²) in [5.74, 6) is 0.960. The number of benzene rings is 2. The Morgan fingerprint density at radius 2 is 1.28 bits per heavy atom. The molecule has 196 valence electrons. The fraction of sp³-hybridized carbons (Fsp3) is 0.481. The third-order valence-corrected chi connectivity index (χ3v) is 6.58. The Kier molecular flexibility index (Phi) is 8.22. The lowest BCUT2D eigenvalue weighted by molar-refractivity contribution is -0.150. The van der Waals surface area contributed by atoms with Gasteiger partial charge in [0.1, 0.15) is 6.10 Å². The van der Waals surface area contributed by atoms with E-state index < -0.39 is 18.0 Å². The van der Waals surface area contributed by atoms with E-state index in [0.29, 0.717) is 40.4 Å². The summed E-state index contributed by atoms with van der Waals surface area (Å²) in [6.07, 6.45) is -0.0321. The van der Waals surface area contributed by atoms with Crippen LogP contribution in [0.3, 0.4) is 0 Å². The summed E-state index contributed by atoms with van der Waals surface area (Å²) >= 11 is 0. The number of esters is 2. The molecule has 0 fully saturated rings. The third-order valence-electron chi connectivity index (χ3n) is 6.58. The van der Waals surface area contributed by atoms with Crippen molar-refractivity contribution in [1.29, 1.82) is 0 Å². The van der Waals surface area contributed by atoms with E-state index in [1.165, 1.54) is 42.3 Å². The quantitative estimate of drug-likeness (QED) is 0.392. The summed E-state index contributed by atoms with van der Waals surface area (Å²) in [6, 6.07) is 3.63. The molecule has 9 heteroatoms. The fourth-order valence-corrected chi connectivity index (χ4v) is 4.81. The van der Waals surface area contributed by atoms with Crippen LogP contribution in [-0.2, 0) is 20.7 Å². The number of carbonyl (C=O) groups is 2. The molecule has 1 aliphatic carbocycles. The predicted molar refractivity (Wildman–Crippen MR) is 132 cm³/mol. The van der Waals surface area contributed by atoms with E-state index in [1.807, 2.05) is 13.0 Å². The lowest BCUT2D eigenvalue weighted by Crippen LogP contribution is -2.26. The van der Waals surface area contributed by atoms with Gasteiger partial charge in [0.05, 0.1) is 35.5 Å². The Bertz CT molecular complexity index is 1150. The van der Waals surface area contributed by atoms with Crippen molar-refractivity contribution in [2.75, 3.05) is 35.5 Å². The average Bonchev–Trinajstić information content (AvgIpc) is 2.84. The molecule has 0 amide bonds. The first-order chi connectivity index (χ1) is 17.1. The SMILES string of the molecule is COc1cc2c(c(OC)c1OC)-c1c(cc(OC)c(OC(C)=O)c1OC)[C@H](OC(C)=O)[C@H](C)[C@H](C)C2. The Morgan fingerprint density at radius 1 is 0.722 bits per heavy atom. The number of methoxy groups -OCH3 is 5. The van der Waals surface area contributed by atoms with E-state index in [9.17, 15) is 9.59 Å². The second-order valence-corrected chi connectivity index (χ2v) is 8.75. The van der Waals surface area contributed by atoms with Crippen molar-refractivity contribution < 1.29 is 42.7 Å². The number of carbonyl (C=O) groups excluding carboxylic acids is 2. The van der Waals surface area contributed by atoms with Crippen molar-refractivity contribution in [1.82, 2.24) is 0 Å². The Morgan fingerprint density at radius 3 is 1.78 bits per heavy atom. The first kappa shape index (κ1) is 27.0. The van der Waals surface area contributed by atoms with Gasteiger partial charge in [-0.05, 0) is 30.0 Å². The summed E-state index contributed by atoms with van der Waals surface area (Å²) in [6.45, 7) is 6.80. The van der Waals surface area contributed by atoms with Gasteiger partial charge >= 0.3 is 11.9 Å². The summed E-state index contributed by atoms with van der Waals surface area (Å²) in [7, 11) is 7.56. The molecule has 36 heavy (non-hydrogen) atoms. The topological polar surface area (TPSA) is 98.8 Å². The van der Waals surface area contributed by atoms with E-state index in [-0.39, 0.29) is 29.1 Å². The van der Waals surface area contributed by atoms with Crippen LogP contribution in [0.1, 0.15) is 44.9 Å². The number of rotatable bonds is 7. The van der Waals surface area contributed by atoms with Crippen molar-refractivity contribution in [3.8, 4) is 45.6 Å². The second kappa shape index (κ2) is 11.0. The highest BCUT2D eigenvalue weighted by atomic mass is 16.6. The van der Waals surface area contributed by atoms with Crippen LogP contribution >= 0.6 is 0 Å². The van der Waals surface area contributed by atoms with Gasteiger partial charge in [-0.3, -0.25) is 9.59 Å². The van der Waals surface area contributed by atoms with Crippen LogP contribution in [0.5, 0.6) is 34.5 Å². The van der Waals surface area contributed by atoms with Gasteiger partial charge in [0, 0.05) is 36.5 Å². The largest absolute Gasteiger partial charge is 0.493 e. The Labute approximate surface area is 211 Å². The molecule has 0 unspecified atom stereocenters. The van der Waals surface area contributed by atoms with E-state index in [2.05, 4.69) is 6.92 Å². The molecule has 0 aliphatic heterocycles. The molecule has 0 aromatic heterocycles. The minimum atomic E-state index is -0.646. The Hall–Kier alpha value is -3.62. The fourth-order valence-electron chi connectivity index (χ4n) is 4.81. The normalized spacial score (nSPS) is 18.5. The zero-order valence-electron chi connectivity index (χ0n) is 22.3. The zero-order chi connectivity index (χ0) is 26.7. The highest BCUT2D eigenvalue weighted by Crippen LogP contribution is 2.57. The van der Waals surface area contributed by atoms with Crippen molar-refractivity contribution in [2.24, 2.45) is 11.8 Å². The van der Waals surface area contributed by atoms with E-state index >= 15 is 0 Å². The summed E-state index contributed by atoms with van der Waals surface area (Å²) in [5.41, 5.74) is 2.74. The molecule has 2 aromatic carbocycles. The summed E-state index contributed by atoms with van der Waals surface area (Å²) in [5, 5.41) is 0. The van der Waals surface area contributed by atoms with Crippen molar-refractivity contribution >= 4 is 11.9 Å². The predicted octanol–water partition coefficient (Wildman–Crippen LogP) is 4.75. The molecule has 2 aromatic rings. The van der Waals surface area contributed by atoms with Crippen LogP contribution < -0.4 is 28.4 Å². The van der Waals surface area contributed by atoms with Crippen molar-refractivity contribution in [2.45, 2.75) is 40.2 Å². The highest BCUT2D eigenvalue weighted by molar-refractivity contribution is 5.90. The van der Waals surface area contributed by atoms with Gasteiger partial charge in [-0.15, -0.1) is 0 Å². The molecule has 0 saturated carbocycles. The molecule has 0 spiro atoms. The summed E-state index contributed by atoms with van der Waals surface area (Å²) in [4.78, 5) is 24.3. The number of ether oxygens (including phenoxy) is 7. The first-order valence-corrected chi connectivity index (χ1v) is 11.6. The van der Waals surface area contributed by atoms with Crippen molar-refractivity contribution in [3.63, 3.8) is 0 Å². The van der Waals surface area contributed by atoms with E-state index in [4.69, 9.17) is 33.2 Å². The molecule has 1 aliphatic rings. The number of hydrogen-bond acceptors (Lipinski definition) is 9. The second-order valence-electron chi connectivity index (χ2n) is 8.75. The van der Waals surface area contributed by atoms with E-state index in [0.717, 1.165) is 5.56 Å². The lowest BCUT2D eigenvalue weighted by Gasteiger charge is -2.35. The van der Waals surface area contributed by atoms with Gasteiger partial charge in [-0.1, -0.05) is 13.8 Å². The van der Waals surface area contributed by atoms with Crippen LogP contribution in [0, 0.1) is 11.8 Å². The first-order valence-electron chi connectivity index (χ1n) is 11.6. The molecule has 0 saturated heterocycles. The Balaban J connectivity index is 2.60. The number of fused-ring (bicyclic) bond motifs is 3. The van der Waals surface area contributed by atoms with Crippen LogP contribution in [-0.4, -0.2) is 47.5 Å². The van der Waals surface area contributed by atoms with Gasteiger partial charge in [-0.25, -0.2) is 0 Å². The summed E-state index contributed by atoms with van der Waals surface area (Å²) < 4.78 is 40.1. The third kappa shape index (κ3) is 4.74. The van der Waals surface area contributed by atoms with Crippen molar-refractivity contribution in [3.05, 3.63) is 23.3 Å². The molecule has 0 bridgehead atoms. The maximum absolute atomic E-state index is 12.2. The molecular formula is C27H34O9. The van der Waals surface area contributed by atoms with Gasteiger partial charge in [0.2, 0.25) is 11.5 Å². The minimum Gasteiger partial charge on any atom is -0.493 e. The minimum absolute atomic E-state index is 0.0890. The smallest absolute Gasteiger partial charge is 0.308 e. The standard InChI is InChI=1S/C27H34O9/c1-13-10-17-11-19(30-5)24(32-7)26(33-8)21(17)22-18(23(14(13)2)35-15(3)28)12-20(31-6)25(27(22)34-9)36-16(4)29/h11-14,23H,10H2,1-9H3/t13-,14-,23-/m1/s1. The maximum atomic E-state index is 12.2. The van der Waals surface area contributed by atoms with Gasteiger partial charge in [-0.2, -0.15) is 0 Å². The number of hydrogen-bond donors (Lipinski definition) is 0. The van der Waals surface area contributed by atoms with Crippen LogP contribution in [0.25, 0.3) is 11.1 Å². The molecule has 3 rings (SSSR count). The molecule has 0 heterocycles. The van der Waals surface area contributed by atoms with Crippen LogP contribution in [0.4, 0.5) is 0 Å². The van der Waals surface area contributed by atoms with Gasteiger partial charge in [0.25, 0.3) is 0 Å².